The van der Waals surface area contributed by atoms with E-state index in [9.17, 15) is 0 Å². The quantitative estimate of drug-likeness (QED) is 0.919. The Hall–Kier alpha value is -1.39. The first kappa shape index (κ1) is 14.5. The van der Waals surface area contributed by atoms with Gasteiger partial charge in [0.15, 0.2) is 0 Å². The molecule has 0 bridgehead atoms. The SMILES string of the molecule is Cn1nc(CN(CCN)C2CCCCC2)c2ccccc21. The van der Waals surface area contributed by atoms with Gasteiger partial charge in [0.05, 0.1) is 11.2 Å². The average molecular weight is 286 g/mol. The van der Waals surface area contributed by atoms with Crippen LogP contribution in [0.25, 0.3) is 10.9 Å². The van der Waals surface area contributed by atoms with Crippen LogP contribution in [0.2, 0.25) is 0 Å². The highest BCUT2D eigenvalue weighted by molar-refractivity contribution is 5.81. The third-order valence-electron chi connectivity index (χ3n) is 4.69. The largest absolute Gasteiger partial charge is 0.329 e. The van der Waals surface area contributed by atoms with Crippen molar-refractivity contribution in [1.82, 2.24) is 14.7 Å². The minimum Gasteiger partial charge on any atom is -0.329 e. The maximum Gasteiger partial charge on any atom is 0.0843 e. The molecule has 0 saturated heterocycles. The van der Waals surface area contributed by atoms with Crippen molar-refractivity contribution in [1.29, 1.82) is 0 Å². The van der Waals surface area contributed by atoms with Crippen molar-refractivity contribution in [3.05, 3.63) is 30.0 Å². The van der Waals surface area contributed by atoms with Crippen LogP contribution in [0.3, 0.4) is 0 Å². The van der Waals surface area contributed by atoms with Gasteiger partial charge in [0.2, 0.25) is 0 Å². The number of nitrogens with zero attached hydrogens (tertiary/aromatic N) is 3. The Balaban J connectivity index is 1.83. The zero-order chi connectivity index (χ0) is 14.7. The van der Waals surface area contributed by atoms with E-state index in [1.54, 1.807) is 0 Å². The average Bonchev–Trinajstić information content (AvgIpc) is 2.85. The van der Waals surface area contributed by atoms with Gasteiger partial charge in [-0.15, -0.1) is 0 Å². The fourth-order valence-corrected chi connectivity index (χ4v) is 3.60. The molecular weight excluding hydrogens is 260 g/mol. The Kier molecular flexibility index (Phi) is 4.56. The number of hydrogen-bond acceptors (Lipinski definition) is 3. The lowest BCUT2D eigenvalue weighted by Gasteiger charge is -2.33. The van der Waals surface area contributed by atoms with Crippen LogP contribution in [0.15, 0.2) is 24.3 Å². The number of hydrogen-bond donors (Lipinski definition) is 1. The fraction of sp³-hybridized carbons (Fsp3) is 0.588. The summed E-state index contributed by atoms with van der Waals surface area (Å²) in [6, 6.07) is 9.18. The van der Waals surface area contributed by atoms with Gasteiger partial charge in [-0.3, -0.25) is 9.58 Å². The van der Waals surface area contributed by atoms with E-state index in [0.29, 0.717) is 6.04 Å². The topological polar surface area (TPSA) is 47.1 Å². The Labute approximate surface area is 126 Å². The van der Waals surface area contributed by atoms with E-state index in [1.807, 2.05) is 11.7 Å². The molecule has 114 valence electrons. The lowest BCUT2D eigenvalue weighted by Crippen LogP contribution is -2.39. The molecule has 0 unspecified atom stereocenters. The molecule has 1 aliphatic rings. The summed E-state index contributed by atoms with van der Waals surface area (Å²) in [5.74, 6) is 0. The second-order valence-electron chi connectivity index (χ2n) is 6.14. The predicted octanol–water partition coefficient (Wildman–Crippen LogP) is 2.67. The highest BCUT2D eigenvalue weighted by Crippen LogP contribution is 2.25. The molecule has 1 fully saturated rings. The second kappa shape index (κ2) is 6.58. The summed E-state index contributed by atoms with van der Waals surface area (Å²) < 4.78 is 1.99. The van der Waals surface area contributed by atoms with Crippen molar-refractivity contribution in [3.8, 4) is 0 Å². The van der Waals surface area contributed by atoms with Gasteiger partial charge in [-0.25, -0.2) is 0 Å². The summed E-state index contributed by atoms with van der Waals surface area (Å²) in [4.78, 5) is 2.55. The molecule has 1 aromatic carbocycles. The van der Waals surface area contributed by atoms with Crippen molar-refractivity contribution < 1.29 is 0 Å². The van der Waals surface area contributed by atoms with Gasteiger partial charge < -0.3 is 5.73 Å². The van der Waals surface area contributed by atoms with Crippen LogP contribution in [-0.2, 0) is 13.6 Å². The van der Waals surface area contributed by atoms with Crippen LogP contribution < -0.4 is 5.73 Å². The molecule has 4 nitrogen and oxygen atoms in total. The summed E-state index contributed by atoms with van der Waals surface area (Å²) in [6.07, 6.45) is 6.72. The van der Waals surface area contributed by atoms with E-state index in [-0.39, 0.29) is 0 Å². The predicted molar refractivity (Wildman–Crippen MR) is 87.1 cm³/mol. The van der Waals surface area contributed by atoms with Crippen molar-refractivity contribution in [2.45, 2.75) is 44.7 Å². The van der Waals surface area contributed by atoms with Gasteiger partial charge >= 0.3 is 0 Å². The summed E-state index contributed by atoms with van der Waals surface area (Å²) in [7, 11) is 2.03. The number of fused-ring (bicyclic) bond motifs is 1. The highest BCUT2D eigenvalue weighted by atomic mass is 15.3. The molecule has 21 heavy (non-hydrogen) atoms. The minimum atomic E-state index is 0.683. The molecule has 2 aromatic rings. The molecule has 1 aliphatic carbocycles. The normalized spacial score (nSPS) is 16.9. The molecule has 0 radical (unpaired) electrons. The van der Waals surface area contributed by atoms with Crippen LogP contribution in [0.1, 0.15) is 37.8 Å². The second-order valence-corrected chi connectivity index (χ2v) is 6.14. The zero-order valence-corrected chi connectivity index (χ0v) is 13.0. The van der Waals surface area contributed by atoms with Crippen molar-refractivity contribution in [2.75, 3.05) is 13.1 Å². The zero-order valence-electron chi connectivity index (χ0n) is 13.0. The third-order valence-corrected chi connectivity index (χ3v) is 4.69. The summed E-state index contributed by atoms with van der Waals surface area (Å²) >= 11 is 0. The molecule has 4 heteroatoms. The lowest BCUT2D eigenvalue weighted by molar-refractivity contribution is 0.151. The number of para-hydroxylation sites is 1. The third kappa shape index (κ3) is 3.11. The monoisotopic (exact) mass is 286 g/mol. The molecule has 1 heterocycles. The van der Waals surface area contributed by atoms with Gasteiger partial charge in [-0.1, -0.05) is 37.5 Å². The van der Waals surface area contributed by atoms with Crippen LogP contribution in [0.5, 0.6) is 0 Å². The number of benzene rings is 1. The Morgan fingerprint density at radius 1 is 1.24 bits per heavy atom. The summed E-state index contributed by atoms with van der Waals surface area (Å²) in [6.45, 7) is 2.61. The van der Waals surface area contributed by atoms with Gasteiger partial charge in [-0.2, -0.15) is 5.10 Å². The number of rotatable bonds is 5. The molecule has 0 spiro atoms. The molecule has 0 atom stereocenters. The minimum absolute atomic E-state index is 0.683. The first-order valence-corrected chi connectivity index (χ1v) is 8.14. The van der Waals surface area contributed by atoms with Crippen LogP contribution in [-0.4, -0.2) is 33.8 Å². The summed E-state index contributed by atoms with van der Waals surface area (Å²) in [5.41, 5.74) is 8.24. The van der Waals surface area contributed by atoms with Gasteiger partial charge in [0, 0.05) is 38.1 Å². The maximum atomic E-state index is 5.84. The smallest absolute Gasteiger partial charge is 0.0843 e. The molecule has 2 N–H and O–H groups in total. The Morgan fingerprint density at radius 2 is 2.00 bits per heavy atom. The standard InChI is InChI=1S/C17H26N4/c1-20-17-10-6-5-9-15(17)16(19-20)13-21(12-11-18)14-7-3-2-4-8-14/h5-6,9-10,14H,2-4,7-8,11-13,18H2,1H3. The van der Waals surface area contributed by atoms with Gasteiger partial charge in [-0.05, 0) is 18.9 Å². The first-order valence-electron chi connectivity index (χ1n) is 8.14. The molecule has 0 amide bonds. The molecule has 0 aliphatic heterocycles. The highest BCUT2D eigenvalue weighted by Gasteiger charge is 2.22. The van der Waals surface area contributed by atoms with E-state index >= 15 is 0 Å². The van der Waals surface area contributed by atoms with Crippen LogP contribution in [0.4, 0.5) is 0 Å². The first-order chi connectivity index (χ1) is 10.3. The van der Waals surface area contributed by atoms with E-state index in [4.69, 9.17) is 10.8 Å². The van der Waals surface area contributed by atoms with Crippen molar-refractivity contribution in [2.24, 2.45) is 12.8 Å². The Bertz CT molecular complexity index is 583. The fourth-order valence-electron chi connectivity index (χ4n) is 3.60. The van der Waals surface area contributed by atoms with Gasteiger partial charge in [0.25, 0.3) is 0 Å². The number of aryl methyl sites for hydroxylation is 1. The van der Waals surface area contributed by atoms with E-state index < -0.39 is 0 Å². The Morgan fingerprint density at radius 3 is 2.76 bits per heavy atom. The van der Waals surface area contributed by atoms with Crippen molar-refractivity contribution >= 4 is 10.9 Å². The number of nitrogens with two attached hydrogens (primary N) is 1. The van der Waals surface area contributed by atoms with E-state index in [2.05, 4.69) is 29.2 Å². The van der Waals surface area contributed by atoms with Crippen LogP contribution >= 0.6 is 0 Å². The molecule has 1 aromatic heterocycles. The number of aromatic nitrogens is 2. The van der Waals surface area contributed by atoms with E-state index in [1.165, 1.54) is 48.7 Å². The molecule has 1 saturated carbocycles. The lowest BCUT2D eigenvalue weighted by atomic mass is 9.94. The van der Waals surface area contributed by atoms with Crippen molar-refractivity contribution in [3.63, 3.8) is 0 Å². The van der Waals surface area contributed by atoms with Gasteiger partial charge in [0.1, 0.15) is 0 Å². The summed E-state index contributed by atoms with van der Waals surface area (Å²) in [5, 5.41) is 6.02. The van der Waals surface area contributed by atoms with Crippen LogP contribution in [0, 0.1) is 0 Å². The molecular formula is C17H26N4. The van der Waals surface area contributed by atoms with E-state index in [0.717, 1.165) is 19.6 Å². The maximum absolute atomic E-state index is 5.84. The molecule has 3 rings (SSSR count).